The van der Waals surface area contributed by atoms with Crippen molar-refractivity contribution in [1.82, 2.24) is 15.5 Å². The summed E-state index contributed by atoms with van der Waals surface area (Å²) < 4.78 is 0. The molecule has 24 heavy (non-hydrogen) atoms. The summed E-state index contributed by atoms with van der Waals surface area (Å²) in [5.41, 5.74) is 1.37. The monoisotopic (exact) mass is 351 g/mol. The van der Waals surface area contributed by atoms with Gasteiger partial charge in [0.05, 0.1) is 12.6 Å². The van der Waals surface area contributed by atoms with Crippen molar-refractivity contribution >= 4 is 18.3 Å². The van der Waals surface area contributed by atoms with E-state index in [0.29, 0.717) is 6.54 Å². The summed E-state index contributed by atoms with van der Waals surface area (Å²) in [5, 5.41) is 6.71. The Morgan fingerprint density at radius 2 is 1.96 bits per heavy atom. The lowest BCUT2D eigenvalue weighted by molar-refractivity contribution is -0.125. The number of halogens is 1. The molecule has 3 rings (SSSR count). The third-order valence-electron chi connectivity index (χ3n) is 5.48. The minimum Gasteiger partial charge on any atom is -0.348 e. The fourth-order valence-corrected chi connectivity index (χ4v) is 4.12. The number of hydrogen-bond acceptors (Lipinski definition) is 3. The Bertz CT molecular complexity index is 508. The quantitative estimate of drug-likeness (QED) is 0.876. The fraction of sp³-hybridized carbons (Fsp3) is 0.632. The average molecular weight is 352 g/mol. The average Bonchev–Trinajstić information content (AvgIpc) is 2.59. The third kappa shape index (κ3) is 4.50. The fourth-order valence-electron chi connectivity index (χ4n) is 4.12. The van der Waals surface area contributed by atoms with E-state index < -0.39 is 0 Å². The molecule has 0 bridgehead atoms. The van der Waals surface area contributed by atoms with Crippen LogP contribution in [-0.2, 0) is 4.79 Å². The van der Waals surface area contributed by atoms with Gasteiger partial charge in [0.25, 0.3) is 0 Å². The van der Waals surface area contributed by atoms with Gasteiger partial charge in [0.1, 0.15) is 0 Å². The van der Waals surface area contributed by atoms with Gasteiger partial charge in [0.15, 0.2) is 0 Å². The largest absolute Gasteiger partial charge is 0.348 e. The second-order valence-corrected chi connectivity index (χ2v) is 7.08. The summed E-state index contributed by atoms with van der Waals surface area (Å²) in [7, 11) is 0. The smallest absolute Gasteiger partial charge is 0.234 e. The minimum absolute atomic E-state index is 0. The number of benzene rings is 1. The van der Waals surface area contributed by atoms with E-state index >= 15 is 0 Å². The van der Waals surface area contributed by atoms with E-state index in [1.807, 2.05) is 18.2 Å². The van der Waals surface area contributed by atoms with Gasteiger partial charge in [0, 0.05) is 25.2 Å². The van der Waals surface area contributed by atoms with E-state index in [9.17, 15) is 4.79 Å². The Kier molecular flexibility index (Phi) is 7.08. The molecule has 2 aliphatic rings. The number of hydrogen-bond donors (Lipinski definition) is 2. The normalized spacial score (nSPS) is 21.7. The van der Waals surface area contributed by atoms with Gasteiger partial charge < -0.3 is 10.6 Å². The summed E-state index contributed by atoms with van der Waals surface area (Å²) in [6.45, 7) is 5.59. The van der Waals surface area contributed by atoms with Gasteiger partial charge >= 0.3 is 0 Å². The molecule has 1 aromatic rings. The first-order chi connectivity index (χ1) is 11.2. The van der Waals surface area contributed by atoms with Crippen LogP contribution in [0.2, 0.25) is 0 Å². The maximum Gasteiger partial charge on any atom is 0.234 e. The van der Waals surface area contributed by atoms with Crippen molar-refractivity contribution in [3.63, 3.8) is 0 Å². The van der Waals surface area contributed by atoms with Crippen LogP contribution in [0.15, 0.2) is 30.3 Å². The third-order valence-corrected chi connectivity index (χ3v) is 5.48. The van der Waals surface area contributed by atoms with Crippen molar-refractivity contribution < 1.29 is 4.79 Å². The van der Waals surface area contributed by atoms with Gasteiger partial charge in [-0.15, -0.1) is 12.4 Å². The highest BCUT2D eigenvalue weighted by atomic mass is 35.5. The van der Waals surface area contributed by atoms with Crippen molar-refractivity contribution in [2.75, 3.05) is 26.2 Å². The Labute approximate surface area is 151 Å². The lowest BCUT2D eigenvalue weighted by Gasteiger charge is -2.49. The Hall–Kier alpha value is -1.10. The highest BCUT2D eigenvalue weighted by Crippen LogP contribution is 2.34. The van der Waals surface area contributed by atoms with Crippen molar-refractivity contribution in [1.29, 1.82) is 0 Å². The van der Waals surface area contributed by atoms with Crippen LogP contribution in [0.1, 0.15) is 50.6 Å². The van der Waals surface area contributed by atoms with Crippen molar-refractivity contribution in [3.05, 3.63) is 35.9 Å². The predicted octanol–water partition coefficient (Wildman–Crippen LogP) is 2.89. The lowest BCUT2D eigenvalue weighted by atomic mass is 9.79. The summed E-state index contributed by atoms with van der Waals surface area (Å²) >= 11 is 0. The first-order valence-electron chi connectivity index (χ1n) is 9.00. The zero-order chi connectivity index (χ0) is 16.1. The Balaban J connectivity index is 0.00000208. The van der Waals surface area contributed by atoms with Crippen LogP contribution in [0.5, 0.6) is 0 Å². The van der Waals surface area contributed by atoms with Crippen LogP contribution in [0, 0.1) is 0 Å². The molecule has 5 heteroatoms. The van der Waals surface area contributed by atoms with Crippen LogP contribution in [0.4, 0.5) is 0 Å². The highest BCUT2D eigenvalue weighted by Gasteiger charge is 2.40. The molecule has 1 aliphatic heterocycles. The first kappa shape index (κ1) is 19.2. The van der Waals surface area contributed by atoms with Gasteiger partial charge in [-0.3, -0.25) is 9.69 Å². The maximum atomic E-state index is 12.5. The van der Waals surface area contributed by atoms with Gasteiger partial charge in [-0.1, -0.05) is 49.6 Å². The molecular formula is C19H30ClN3O. The molecular weight excluding hydrogens is 322 g/mol. The number of nitrogens with zero attached hydrogens (tertiary/aromatic N) is 1. The molecule has 1 amide bonds. The minimum atomic E-state index is 0. The maximum absolute atomic E-state index is 12.5. The molecule has 2 N–H and O–H groups in total. The molecule has 1 saturated carbocycles. The number of carbonyl (C=O) groups excluding carboxylic acids is 1. The first-order valence-corrected chi connectivity index (χ1v) is 9.00. The second-order valence-electron chi connectivity index (χ2n) is 7.08. The molecule has 1 spiro atoms. The van der Waals surface area contributed by atoms with E-state index in [0.717, 1.165) is 25.2 Å². The molecule has 2 fully saturated rings. The Morgan fingerprint density at radius 1 is 1.25 bits per heavy atom. The van der Waals surface area contributed by atoms with Crippen molar-refractivity contribution in [2.24, 2.45) is 0 Å². The molecule has 0 radical (unpaired) electrons. The van der Waals surface area contributed by atoms with Gasteiger partial charge in [-0.05, 0) is 25.3 Å². The van der Waals surface area contributed by atoms with Gasteiger partial charge in [0.2, 0.25) is 5.91 Å². The molecule has 1 atom stereocenters. The standard InChI is InChI=1S/C19H29N3O.ClH/c1-16(17-8-4-2-5-9-17)21-18(23)14-22-13-12-20-15-19(22)10-6-3-7-11-19;/h2,4-5,8-9,16,20H,3,6-7,10-15H2,1H3,(H,21,23);1H. The van der Waals surface area contributed by atoms with E-state index in [1.54, 1.807) is 0 Å². The Morgan fingerprint density at radius 3 is 2.67 bits per heavy atom. The van der Waals surface area contributed by atoms with Gasteiger partial charge in [-0.25, -0.2) is 0 Å². The predicted molar refractivity (Wildman–Crippen MR) is 101 cm³/mol. The molecule has 1 saturated heterocycles. The van der Waals surface area contributed by atoms with Crippen LogP contribution < -0.4 is 10.6 Å². The molecule has 0 aromatic heterocycles. The second kappa shape index (κ2) is 8.84. The summed E-state index contributed by atoms with van der Waals surface area (Å²) in [5.74, 6) is 0.146. The summed E-state index contributed by atoms with van der Waals surface area (Å²) in [6.07, 6.45) is 6.37. The topological polar surface area (TPSA) is 44.4 Å². The summed E-state index contributed by atoms with van der Waals surface area (Å²) in [6, 6.07) is 10.2. The van der Waals surface area contributed by atoms with Crippen molar-refractivity contribution in [3.8, 4) is 0 Å². The highest BCUT2D eigenvalue weighted by molar-refractivity contribution is 5.85. The van der Waals surface area contributed by atoms with Gasteiger partial charge in [-0.2, -0.15) is 0 Å². The van der Waals surface area contributed by atoms with Crippen LogP contribution >= 0.6 is 12.4 Å². The molecule has 1 aliphatic carbocycles. The molecule has 134 valence electrons. The number of rotatable bonds is 4. The van der Waals surface area contributed by atoms with Crippen molar-refractivity contribution in [2.45, 2.75) is 50.6 Å². The lowest BCUT2D eigenvalue weighted by Crippen LogP contribution is -2.63. The summed E-state index contributed by atoms with van der Waals surface area (Å²) in [4.78, 5) is 15.0. The molecule has 1 heterocycles. The number of nitrogens with one attached hydrogen (secondary N) is 2. The van der Waals surface area contributed by atoms with E-state index in [1.165, 1.54) is 32.1 Å². The van der Waals surface area contributed by atoms with Crippen LogP contribution in [0.3, 0.4) is 0 Å². The zero-order valence-electron chi connectivity index (χ0n) is 14.6. The number of amides is 1. The SMILES string of the molecule is CC(NC(=O)CN1CCNCC12CCCCC2)c1ccccc1.Cl. The number of carbonyl (C=O) groups is 1. The molecule has 1 aromatic carbocycles. The number of piperazine rings is 1. The van der Waals surface area contributed by atoms with E-state index in [2.05, 4.69) is 34.6 Å². The molecule has 1 unspecified atom stereocenters. The van der Waals surface area contributed by atoms with E-state index in [4.69, 9.17) is 0 Å². The molecule has 4 nitrogen and oxygen atoms in total. The zero-order valence-corrected chi connectivity index (χ0v) is 15.4. The van der Waals surface area contributed by atoms with E-state index in [-0.39, 0.29) is 29.9 Å². The van der Waals surface area contributed by atoms with Crippen LogP contribution in [-0.4, -0.2) is 42.5 Å². The van der Waals surface area contributed by atoms with Crippen LogP contribution in [0.25, 0.3) is 0 Å².